The molecule has 160 valence electrons. The predicted octanol–water partition coefficient (Wildman–Crippen LogP) is 4.19. The lowest BCUT2D eigenvalue weighted by Gasteiger charge is -2.17. The summed E-state index contributed by atoms with van der Waals surface area (Å²) in [5, 5.41) is 1.17. The first-order chi connectivity index (χ1) is 14.8. The van der Waals surface area contributed by atoms with Gasteiger partial charge in [0.05, 0.1) is 11.3 Å². The fourth-order valence-electron chi connectivity index (χ4n) is 4.17. The maximum Gasteiger partial charge on any atom is 0.163 e. The van der Waals surface area contributed by atoms with Gasteiger partial charge in [-0.3, -0.25) is 0 Å². The Balaban J connectivity index is 1.88. The van der Waals surface area contributed by atoms with Crippen molar-refractivity contribution in [1.29, 1.82) is 0 Å². The van der Waals surface area contributed by atoms with Crippen molar-refractivity contribution in [2.45, 2.75) is 20.3 Å². The molecule has 0 bridgehead atoms. The van der Waals surface area contributed by atoms with Crippen LogP contribution in [0.25, 0.3) is 33.5 Å². The number of fused-ring (bicyclic) bond motifs is 1. The van der Waals surface area contributed by atoms with Crippen LogP contribution in [-0.2, 0) is 13.5 Å². The minimum Gasteiger partial charge on any atom is -0.398 e. The van der Waals surface area contributed by atoms with Crippen LogP contribution in [0, 0.1) is 13.8 Å². The second kappa shape index (κ2) is 8.04. The second-order valence-electron chi connectivity index (χ2n) is 8.41. The highest BCUT2D eigenvalue weighted by molar-refractivity contribution is 5.97. The van der Waals surface area contributed by atoms with E-state index >= 15 is 0 Å². The van der Waals surface area contributed by atoms with Crippen molar-refractivity contribution in [1.82, 2.24) is 19.4 Å². The van der Waals surface area contributed by atoms with Gasteiger partial charge in [-0.15, -0.1) is 0 Å². The van der Waals surface area contributed by atoms with E-state index in [4.69, 9.17) is 16.5 Å². The van der Waals surface area contributed by atoms with E-state index in [1.807, 2.05) is 13.0 Å². The average molecular weight is 415 g/mol. The van der Waals surface area contributed by atoms with Gasteiger partial charge in [-0.05, 0) is 57.6 Å². The number of para-hydroxylation sites is 1. The number of anilines is 2. The van der Waals surface area contributed by atoms with E-state index in [9.17, 15) is 0 Å². The lowest BCUT2D eigenvalue weighted by atomic mass is 9.97. The summed E-state index contributed by atoms with van der Waals surface area (Å²) >= 11 is 0. The highest BCUT2D eigenvalue weighted by Gasteiger charge is 2.19. The van der Waals surface area contributed by atoms with Gasteiger partial charge in [-0.25, -0.2) is 9.97 Å². The van der Waals surface area contributed by atoms with Gasteiger partial charge in [0.25, 0.3) is 0 Å². The van der Waals surface area contributed by atoms with Crippen molar-refractivity contribution in [3.8, 4) is 22.6 Å². The van der Waals surface area contributed by atoms with Crippen molar-refractivity contribution in [2.24, 2.45) is 7.05 Å². The number of nitrogens with zero attached hydrogens (tertiary/aromatic N) is 4. The molecule has 4 rings (SSSR count). The van der Waals surface area contributed by atoms with Crippen LogP contribution < -0.4 is 11.5 Å². The van der Waals surface area contributed by atoms with Gasteiger partial charge < -0.3 is 20.9 Å². The van der Waals surface area contributed by atoms with E-state index in [1.165, 1.54) is 10.9 Å². The Morgan fingerprint density at radius 2 is 1.74 bits per heavy atom. The summed E-state index contributed by atoms with van der Waals surface area (Å²) in [6.07, 6.45) is 2.63. The predicted molar refractivity (Wildman–Crippen MR) is 130 cm³/mol. The average Bonchev–Trinajstić information content (AvgIpc) is 3.00. The smallest absolute Gasteiger partial charge is 0.163 e. The minimum absolute atomic E-state index is 0.564. The van der Waals surface area contributed by atoms with Crippen LogP contribution in [0.3, 0.4) is 0 Å². The Bertz CT molecular complexity index is 1270. The molecule has 0 aliphatic rings. The number of rotatable bonds is 5. The molecule has 31 heavy (non-hydrogen) atoms. The first kappa shape index (κ1) is 20.9. The van der Waals surface area contributed by atoms with Gasteiger partial charge in [-0.1, -0.05) is 24.3 Å². The molecule has 0 amide bonds. The molecule has 0 fully saturated rings. The largest absolute Gasteiger partial charge is 0.398 e. The van der Waals surface area contributed by atoms with E-state index in [1.54, 1.807) is 6.20 Å². The fourth-order valence-corrected chi connectivity index (χ4v) is 4.17. The number of likely N-dealkylation sites (N-methyl/N-ethyl adjacent to an activating group) is 1. The monoisotopic (exact) mass is 414 g/mol. The fraction of sp³-hybridized carbons (Fsp3) is 0.280. The highest BCUT2D eigenvalue weighted by Crippen LogP contribution is 2.37. The molecule has 2 aromatic carbocycles. The summed E-state index contributed by atoms with van der Waals surface area (Å²) < 4.78 is 2.20. The van der Waals surface area contributed by atoms with Crippen molar-refractivity contribution in [2.75, 3.05) is 32.1 Å². The molecule has 0 unspecified atom stereocenters. The van der Waals surface area contributed by atoms with Crippen LogP contribution in [0.2, 0.25) is 0 Å². The van der Waals surface area contributed by atoms with Gasteiger partial charge in [-0.2, -0.15) is 0 Å². The van der Waals surface area contributed by atoms with Gasteiger partial charge in [0.1, 0.15) is 0 Å². The van der Waals surface area contributed by atoms with Gasteiger partial charge >= 0.3 is 0 Å². The maximum absolute atomic E-state index is 6.60. The standard InChI is InChI=1S/C25H30N6/c1-15-14-17(11-13-30(3)4)24(27)22(23(15)26)25-28-12-10-19(29-25)21-16(2)31(5)20-9-7-6-8-18(20)21/h6-10,12,14H,11,13,26-27H2,1-5H3. The quantitative estimate of drug-likeness (QED) is 0.478. The molecule has 0 radical (unpaired) electrons. The number of hydrogen-bond donors (Lipinski definition) is 2. The zero-order valence-electron chi connectivity index (χ0n) is 18.9. The van der Waals surface area contributed by atoms with Crippen molar-refractivity contribution in [3.63, 3.8) is 0 Å². The Kier molecular flexibility index (Phi) is 5.41. The van der Waals surface area contributed by atoms with E-state index in [2.05, 4.69) is 72.8 Å². The number of aromatic nitrogens is 3. The van der Waals surface area contributed by atoms with Gasteiger partial charge in [0.2, 0.25) is 0 Å². The molecule has 2 heterocycles. The molecular formula is C25H30N6. The highest BCUT2D eigenvalue weighted by atomic mass is 15.0. The van der Waals surface area contributed by atoms with Crippen LogP contribution in [0.1, 0.15) is 16.8 Å². The molecule has 4 N–H and O–H groups in total. The molecule has 4 aromatic rings. The van der Waals surface area contributed by atoms with E-state index in [-0.39, 0.29) is 0 Å². The third-order valence-corrected chi connectivity index (χ3v) is 6.06. The van der Waals surface area contributed by atoms with Crippen LogP contribution in [0.5, 0.6) is 0 Å². The molecule has 0 atom stereocenters. The Morgan fingerprint density at radius 1 is 1.00 bits per heavy atom. The first-order valence-corrected chi connectivity index (χ1v) is 10.5. The van der Waals surface area contributed by atoms with Crippen LogP contribution in [0.4, 0.5) is 11.4 Å². The molecule has 0 saturated heterocycles. The molecule has 2 aromatic heterocycles. The van der Waals surface area contributed by atoms with E-state index in [0.29, 0.717) is 17.2 Å². The van der Waals surface area contributed by atoms with Crippen LogP contribution in [-0.4, -0.2) is 40.1 Å². The Hall–Kier alpha value is -3.38. The van der Waals surface area contributed by atoms with Crippen LogP contribution >= 0.6 is 0 Å². The van der Waals surface area contributed by atoms with E-state index in [0.717, 1.165) is 46.6 Å². The topological polar surface area (TPSA) is 86.0 Å². The first-order valence-electron chi connectivity index (χ1n) is 10.5. The SMILES string of the molecule is Cc1cc(CCN(C)C)c(N)c(-c2nccc(-c3c(C)n(C)c4ccccc34)n2)c1N. The van der Waals surface area contributed by atoms with Crippen molar-refractivity contribution < 1.29 is 0 Å². The van der Waals surface area contributed by atoms with Gasteiger partial charge in [0, 0.05) is 53.3 Å². The number of nitrogens with two attached hydrogens (primary N) is 2. The molecule has 0 spiro atoms. The zero-order valence-corrected chi connectivity index (χ0v) is 18.9. The van der Waals surface area contributed by atoms with E-state index < -0.39 is 0 Å². The summed E-state index contributed by atoms with van der Waals surface area (Å²) in [7, 11) is 6.19. The maximum atomic E-state index is 6.60. The summed E-state index contributed by atoms with van der Waals surface area (Å²) in [6.45, 7) is 5.03. The Labute approximate surface area is 183 Å². The molecule has 6 nitrogen and oxygen atoms in total. The third kappa shape index (κ3) is 3.64. The number of benzene rings is 2. The van der Waals surface area contributed by atoms with Crippen molar-refractivity contribution >= 4 is 22.3 Å². The summed E-state index contributed by atoms with van der Waals surface area (Å²) in [4.78, 5) is 11.6. The summed E-state index contributed by atoms with van der Waals surface area (Å²) in [5.41, 5.74) is 21.5. The normalized spacial score (nSPS) is 11.5. The summed E-state index contributed by atoms with van der Waals surface area (Å²) in [6, 6.07) is 12.4. The lowest BCUT2D eigenvalue weighted by Crippen LogP contribution is -2.16. The van der Waals surface area contributed by atoms with Crippen LogP contribution in [0.15, 0.2) is 42.6 Å². The number of aryl methyl sites for hydroxylation is 2. The summed E-state index contributed by atoms with van der Waals surface area (Å²) in [5.74, 6) is 0.564. The molecule has 6 heteroatoms. The molecule has 0 aliphatic heterocycles. The van der Waals surface area contributed by atoms with Gasteiger partial charge in [0.15, 0.2) is 5.82 Å². The zero-order chi connectivity index (χ0) is 22.3. The molecule has 0 saturated carbocycles. The minimum atomic E-state index is 0.564. The number of nitrogen functional groups attached to an aromatic ring is 2. The molecule has 0 aliphatic carbocycles. The lowest BCUT2D eigenvalue weighted by molar-refractivity contribution is 0.414. The third-order valence-electron chi connectivity index (χ3n) is 6.06. The molecular weight excluding hydrogens is 384 g/mol. The Morgan fingerprint density at radius 3 is 2.48 bits per heavy atom. The van der Waals surface area contributed by atoms with Crippen molar-refractivity contribution in [3.05, 3.63) is 59.4 Å². The number of hydrogen-bond acceptors (Lipinski definition) is 5. The second-order valence-corrected chi connectivity index (χ2v) is 8.41.